The van der Waals surface area contributed by atoms with Gasteiger partial charge in [0, 0.05) is 0 Å². The van der Waals surface area contributed by atoms with Gasteiger partial charge in [-0.05, 0) is 43.2 Å². The fourth-order valence-corrected chi connectivity index (χ4v) is 3.50. The van der Waals surface area contributed by atoms with E-state index in [4.69, 9.17) is 0 Å². The zero-order valence-electron chi connectivity index (χ0n) is 11.8. The lowest BCUT2D eigenvalue weighted by atomic mass is 9.63. The van der Waals surface area contributed by atoms with Crippen LogP contribution in [-0.2, 0) is 0 Å². The lowest BCUT2D eigenvalue weighted by molar-refractivity contribution is 0.0817. The van der Waals surface area contributed by atoms with Crippen LogP contribution < -0.4 is 5.32 Å². The molecule has 1 heteroatoms. The second-order valence-electron chi connectivity index (χ2n) is 6.15. The van der Waals surface area contributed by atoms with Crippen LogP contribution in [0.15, 0.2) is 0 Å². The molecule has 0 spiro atoms. The van der Waals surface area contributed by atoms with Gasteiger partial charge in [0.2, 0.25) is 0 Å². The highest BCUT2D eigenvalue weighted by Crippen LogP contribution is 2.45. The molecule has 1 saturated carbocycles. The molecule has 0 saturated heterocycles. The molecule has 0 aliphatic heterocycles. The second-order valence-corrected chi connectivity index (χ2v) is 6.15. The Bertz CT molecular complexity index is 186. The van der Waals surface area contributed by atoms with Crippen molar-refractivity contribution in [2.45, 2.75) is 66.2 Å². The maximum atomic E-state index is 3.48. The second kappa shape index (κ2) is 6.64. The van der Waals surface area contributed by atoms with Crippen LogP contribution in [0, 0.1) is 17.3 Å². The van der Waals surface area contributed by atoms with E-state index in [1.807, 2.05) is 0 Å². The SMILES string of the molecule is CCNCCC(C)(C)C1CCCCC1CC. The first-order chi connectivity index (χ1) is 7.61. The van der Waals surface area contributed by atoms with E-state index in [-0.39, 0.29) is 0 Å². The van der Waals surface area contributed by atoms with Crippen molar-refractivity contribution >= 4 is 0 Å². The Morgan fingerprint density at radius 3 is 2.44 bits per heavy atom. The third kappa shape index (κ3) is 3.76. The average molecular weight is 225 g/mol. The van der Waals surface area contributed by atoms with Crippen molar-refractivity contribution in [1.82, 2.24) is 5.32 Å². The standard InChI is InChI=1S/C15H31N/c1-5-13-9-7-8-10-14(13)15(3,4)11-12-16-6-2/h13-14,16H,5-12H2,1-4H3. The maximum Gasteiger partial charge on any atom is -0.00438 e. The zero-order chi connectivity index (χ0) is 12.0. The van der Waals surface area contributed by atoms with Gasteiger partial charge in [0.05, 0.1) is 0 Å². The van der Waals surface area contributed by atoms with Crippen molar-refractivity contribution in [2.75, 3.05) is 13.1 Å². The molecule has 0 radical (unpaired) electrons. The van der Waals surface area contributed by atoms with Crippen molar-refractivity contribution in [2.24, 2.45) is 17.3 Å². The van der Waals surface area contributed by atoms with Crippen LogP contribution in [0.3, 0.4) is 0 Å². The molecule has 16 heavy (non-hydrogen) atoms. The van der Waals surface area contributed by atoms with Crippen LogP contribution in [0.4, 0.5) is 0 Å². The molecular formula is C15H31N. The van der Waals surface area contributed by atoms with E-state index in [1.54, 1.807) is 0 Å². The predicted octanol–water partition coefficient (Wildman–Crippen LogP) is 4.23. The van der Waals surface area contributed by atoms with Crippen LogP contribution in [0.5, 0.6) is 0 Å². The molecule has 1 fully saturated rings. The van der Waals surface area contributed by atoms with Gasteiger partial charge in [-0.2, -0.15) is 0 Å². The van der Waals surface area contributed by atoms with E-state index >= 15 is 0 Å². The Morgan fingerprint density at radius 1 is 1.12 bits per heavy atom. The molecule has 0 aromatic carbocycles. The number of hydrogen-bond donors (Lipinski definition) is 1. The van der Waals surface area contributed by atoms with Crippen molar-refractivity contribution in [3.8, 4) is 0 Å². The molecule has 2 atom stereocenters. The zero-order valence-corrected chi connectivity index (χ0v) is 11.8. The van der Waals surface area contributed by atoms with Crippen molar-refractivity contribution < 1.29 is 0 Å². The predicted molar refractivity (Wildman–Crippen MR) is 72.7 cm³/mol. The molecule has 0 heterocycles. The summed E-state index contributed by atoms with van der Waals surface area (Å²) in [7, 11) is 0. The Balaban J connectivity index is 2.49. The normalized spacial score (nSPS) is 27.0. The molecule has 1 aliphatic rings. The van der Waals surface area contributed by atoms with Gasteiger partial charge in [0.15, 0.2) is 0 Å². The Labute approximate surface area is 102 Å². The highest BCUT2D eigenvalue weighted by atomic mass is 14.8. The van der Waals surface area contributed by atoms with Crippen molar-refractivity contribution in [3.63, 3.8) is 0 Å². The van der Waals surface area contributed by atoms with Crippen molar-refractivity contribution in [1.29, 1.82) is 0 Å². The molecule has 1 rings (SSSR count). The lowest BCUT2D eigenvalue weighted by Gasteiger charge is -2.42. The molecule has 1 N–H and O–H groups in total. The number of nitrogens with one attached hydrogen (secondary N) is 1. The molecule has 0 amide bonds. The van der Waals surface area contributed by atoms with Crippen LogP contribution in [-0.4, -0.2) is 13.1 Å². The Kier molecular flexibility index (Phi) is 5.82. The van der Waals surface area contributed by atoms with E-state index < -0.39 is 0 Å². The minimum absolute atomic E-state index is 0.531. The Morgan fingerprint density at radius 2 is 1.81 bits per heavy atom. The summed E-state index contributed by atoms with van der Waals surface area (Å²) in [5.41, 5.74) is 0.531. The first-order valence-electron chi connectivity index (χ1n) is 7.32. The van der Waals surface area contributed by atoms with Gasteiger partial charge in [-0.3, -0.25) is 0 Å². The molecule has 2 unspecified atom stereocenters. The minimum atomic E-state index is 0.531. The summed E-state index contributed by atoms with van der Waals surface area (Å²) in [4.78, 5) is 0. The van der Waals surface area contributed by atoms with Gasteiger partial charge in [0.1, 0.15) is 0 Å². The summed E-state index contributed by atoms with van der Waals surface area (Å²) in [6, 6.07) is 0. The first kappa shape index (κ1) is 14.0. The fourth-order valence-electron chi connectivity index (χ4n) is 3.50. The molecule has 0 aromatic rings. The smallest absolute Gasteiger partial charge is 0.00438 e. The van der Waals surface area contributed by atoms with E-state index in [2.05, 4.69) is 33.0 Å². The van der Waals surface area contributed by atoms with Gasteiger partial charge in [-0.15, -0.1) is 0 Å². The van der Waals surface area contributed by atoms with Crippen molar-refractivity contribution in [3.05, 3.63) is 0 Å². The average Bonchev–Trinajstić information content (AvgIpc) is 2.29. The quantitative estimate of drug-likeness (QED) is 0.667. The highest BCUT2D eigenvalue weighted by molar-refractivity contribution is 4.86. The molecular weight excluding hydrogens is 194 g/mol. The van der Waals surface area contributed by atoms with E-state index in [0.717, 1.165) is 18.4 Å². The van der Waals surface area contributed by atoms with Gasteiger partial charge in [-0.25, -0.2) is 0 Å². The monoisotopic (exact) mass is 225 g/mol. The Hall–Kier alpha value is -0.0400. The summed E-state index contributed by atoms with van der Waals surface area (Å²) in [5, 5.41) is 3.48. The van der Waals surface area contributed by atoms with Gasteiger partial charge in [0.25, 0.3) is 0 Å². The van der Waals surface area contributed by atoms with E-state index in [0.29, 0.717) is 5.41 Å². The highest BCUT2D eigenvalue weighted by Gasteiger charge is 2.35. The minimum Gasteiger partial charge on any atom is -0.317 e. The van der Waals surface area contributed by atoms with Gasteiger partial charge >= 0.3 is 0 Å². The van der Waals surface area contributed by atoms with E-state index in [1.165, 1.54) is 45.1 Å². The van der Waals surface area contributed by atoms with Crippen LogP contribution >= 0.6 is 0 Å². The molecule has 0 bridgehead atoms. The molecule has 1 nitrogen and oxygen atoms in total. The molecule has 1 aliphatic carbocycles. The molecule has 96 valence electrons. The topological polar surface area (TPSA) is 12.0 Å². The van der Waals surface area contributed by atoms with Crippen LogP contribution in [0.1, 0.15) is 66.2 Å². The summed E-state index contributed by atoms with van der Waals surface area (Å²) < 4.78 is 0. The summed E-state index contributed by atoms with van der Waals surface area (Å²) in [6.07, 6.45) is 8.60. The summed E-state index contributed by atoms with van der Waals surface area (Å²) in [6.45, 7) is 11.9. The number of hydrogen-bond acceptors (Lipinski definition) is 1. The maximum absolute atomic E-state index is 3.48. The largest absolute Gasteiger partial charge is 0.317 e. The van der Waals surface area contributed by atoms with E-state index in [9.17, 15) is 0 Å². The van der Waals surface area contributed by atoms with Gasteiger partial charge < -0.3 is 5.32 Å². The third-order valence-electron chi connectivity index (χ3n) is 4.63. The summed E-state index contributed by atoms with van der Waals surface area (Å²) in [5.74, 6) is 1.95. The lowest BCUT2D eigenvalue weighted by Crippen LogP contribution is -2.35. The summed E-state index contributed by atoms with van der Waals surface area (Å²) >= 11 is 0. The van der Waals surface area contributed by atoms with Crippen LogP contribution in [0.25, 0.3) is 0 Å². The molecule has 0 aromatic heterocycles. The first-order valence-corrected chi connectivity index (χ1v) is 7.32. The van der Waals surface area contributed by atoms with Gasteiger partial charge in [-0.1, -0.05) is 53.4 Å². The number of rotatable bonds is 6. The van der Waals surface area contributed by atoms with Crippen LogP contribution in [0.2, 0.25) is 0 Å². The fraction of sp³-hybridized carbons (Fsp3) is 1.00. The third-order valence-corrected chi connectivity index (χ3v) is 4.63.